The predicted octanol–water partition coefficient (Wildman–Crippen LogP) is 3.56. The lowest BCUT2D eigenvalue weighted by Crippen LogP contribution is -2.17. The van der Waals surface area contributed by atoms with Crippen LogP contribution in [0.15, 0.2) is 28.8 Å². The van der Waals surface area contributed by atoms with Crippen LogP contribution in [0.5, 0.6) is 0 Å². The summed E-state index contributed by atoms with van der Waals surface area (Å²) in [5.41, 5.74) is 3.05. The van der Waals surface area contributed by atoms with Crippen LogP contribution in [0.4, 0.5) is 5.95 Å². The smallest absolute Gasteiger partial charge is 0.263 e. The van der Waals surface area contributed by atoms with Crippen LogP contribution in [0.1, 0.15) is 42.1 Å². The first-order valence-corrected chi connectivity index (χ1v) is 7.87. The highest BCUT2D eigenvalue weighted by Crippen LogP contribution is 2.22. The van der Waals surface area contributed by atoms with E-state index in [1.807, 2.05) is 35.8 Å². The van der Waals surface area contributed by atoms with Crippen LogP contribution >= 0.6 is 0 Å². The molecule has 0 radical (unpaired) electrons. The van der Waals surface area contributed by atoms with Gasteiger partial charge in [0.15, 0.2) is 0 Å². The minimum atomic E-state index is -0.228. The summed E-state index contributed by atoms with van der Waals surface area (Å²) in [6.07, 6.45) is 1.60. The monoisotopic (exact) mass is 312 g/mol. The van der Waals surface area contributed by atoms with Crippen molar-refractivity contribution in [3.05, 3.63) is 41.3 Å². The molecular formula is C17H20N4O2. The standard InChI is InChI=1S/C17H20N4O2/c1-4-10-21-14-9-7-6-8-13(14)18-17(21)19-16(22)15-11(3)23-20-12(15)5-2/h6-9H,4-5,10H2,1-3H3,(H,18,19,22). The van der Waals surface area contributed by atoms with Gasteiger partial charge in [-0.15, -0.1) is 0 Å². The molecule has 120 valence electrons. The van der Waals surface area contributed by atoms with Crippen LogP contribution in [0, 0.1) is 6.92 Å². The molecule has 3 rings (SSSR count). The second-order valence-electron chi connectivity index (χ2n) is 5.44. The maximum Gasteiger partial charge on any atom is 0.263 e. The topological polar surface area (TPSA) is 73.0 Å². The summed E-state index contributed by atoms with van der Waals surface area (Å²) in [7, 11) is 0. The Morgan fingerprint density at radius 3 is 2.83 bits per heavy atom. The maximum atomic E-state index is 12.6. The van der Waals surface area contributed by atoms with Gasteiger partial charge in [0.25, 0.3) is 5.91 Å². The number of aromatic nitrogens is 3. The lowest BCUT2D eigenvalue weighted by Gasteiger charge is -2.09. The van der Waals surface area contributed by atoms with Gasteiger partial charge in [-0.1, -0.05) is 31.1 Å². The molecule has 6 nitrogen and oxygen atoms in total. The lowest BCUT2D eigenvalue weighted by atomic mass is 10.1. The number of hydrogen-bond donors (Lipinski definition) is 1. The minimum absolute atomic E-state index is 0.228. The van der Waals surface area contributed by atoms with Gasteiger partial charge in [0.1, 0.15) is 11.3 Å². The Morgan fingerprint density at radius 2 is 2.09 bits per heavy atom. The number of aryl methyl sites for hydroxylation is 3. The van der Waals surface area contributed by atoms with Crippen LogP contribution in [0.3, 0.4) is 0 Å². The van der Waals surface area contributed by atoms with E-state index in [1.54, 1.807) is 6.92 Å². The highest BCUT2D eigenvalue weighted by molar-refractivity contribution is 6.05. The molecule has 6 heteroatoms. The number of nitrogens with zero attached hydrogens (tertiary/aromatic N) is 3. The summed E-state index contributed by atoms with van der Waals surface area (Å²) in [6.45, 7) is 6.58. The molecule has 0 aliphatic heterocycles. The normalized spacial score (nSPS) is 11.1. The highest BCUT2D eigenvalue weighted by atomic mass is 16.5. The van der Waals surface area contributed by atoms with Crippen molar-refractivity contribution in [1.82, 2.24) is 14.7 Å². The van der Waals surface area contributed by atoms with Gasteiger partial charge in [-0.2, -0.15) is 0 Å². The number of carbonyl (C=O) groups is 1. The van der Waals surface area contributed by atoms with Crippen LogP contribution in [-0.2, 0) is 13.0 Å². The molecule has 0 spiro atoms. The molecule has 23 heavy (non-hydrogen) atoms. The third-order valence-corrected chi connectivity index (χ3v) is 3.82. The number of nitrogens with one attached hydrogen (secondary N) is 1. The van der Waals surface area contributed by atoms with Crippen molar-refractivity contribution in [1.29, 1.82) is 0 Å². The van der Waals surface area contributed by atoms with E-state index in [1.165, 1.54) is 0 Å². The Kier molecular flexibility index (Phi) is 4.14. The molecular weight excluding hydrogens is 292 g/mol. The molecule has 0 aliphatic rings. The fraction of sp³-hybridized carbons (Fsp3) is 0.353. The molecule has 0 saturated carbocycles. The zero-order chi connectivity index (χ0) is 16.4. The number of anilines is 1. The quantitative estimate of drug-likeness (QED) is 0.782. The molecule has 0 atom stereocenters. The Hall–Kier alpha value is -2.63. The van der Waals surface area contributed by atoms with Crippen molar-refractivity contribution in [3.8, 4) is 0 Å². The Labute approximate surface area is 134 Å². The third kappa shape index (κ3) is 2.72. The van der Waals surface area contributed by atoms with E-state index in [0.29, 0.717) is 29.4 Å². The second-order valence-corrected chi connectivity index (χ2v) is 5.44. The van der Waals surface area contributed by atoms with Gasteiger partial charge in [0.05, 0.1) is 16.7 Å². The highest BCUT2D eigenvalue weighted by Gasteiger charge is 2.21. The fourth-order valence-electron chi connectivity index (χ4n) is 2.74. The molecule has 0 unspecified atom stereocenters. The lowest BCUT2D eigenvalue weighted by molar-refractivity contribution is 0.102. The minimum Gasteiger partial charge on any atom is -0.361 e. The van der Waals surface area contributed by atoms with Gasteiger partial charge in [0, 0.05) is 6.54 Å². The molecule has 0 fully saturated rings. The zero-order valence-corrected chi connectivity index (χ0v) is 13.6. The van der Waals surface area contributed by atoms with E-state index < -0.39 is 0 Å². The Balaban J connectivity index is 1.99. The van der Waals surface area contributed by atoms with Crippen LogP contribution < -0.4 is 5.32 Å². The van der Waals surface area contributed by atoms with E-state index in [9.17, 15) is 4.79 Å². The number of rotatable bonds is 5. The number of benzene rings is 1. The van der Waals surface area contributed by atoms with Crippen molar-refractivity contribution < 1.29 is 9.32 Å². The molecule has 1 aromatic carbocycles. The van der Waals surface area contributed by atoms with Crippen molar-refractivity contribution >= 4 is 22.9 Å². The molecule has 2 aromatic heterocycles. The summed E-state index contributed by atoms with van der Waals surface area (Å²) in [4.78, 5) is 17.2. The first-order chi connectivity index (χ1) is 11.2. The van der Waals surface area contributed by atoms with Crippen LogP contribution in [-0.4, -0.2) is 20.6 Å². The van der Waals surface area contributed by atoms with Gasteiger partial charge >= 0.3 is 0 Å². The number of fused-ring (bicyclic) bond motifs is 1. The van der Waals surface area contributed by atoms with E-state index in [0.717, 1.165) is 24.0 Å². The first kappa shape index (κ1) is 15.3. The first-order valence-electron chi connectivity index (χ1n) is 7.87. The molecule has 2 heterocycles. The number of amides is 1. The van der Waals surface area contributed by atoms with Gasteiger partial charge < -0.3 is 9.09 Å². The van der Waals surface area contributed by atoms with Gasteiger partial charge in [-0.25, -0.2) is 4.98 Å². The summed E-state index contributed by atoms with van der Waals surface area (Å²) >= 11 is 0. The average molecular weight is 312 g/mol. The number of para-hydroxylation sites is 2. The van der Waals surface area contributed by atoms with Crippen molar-refractivity contribution in [2.24, 2.45) is 0 Å². The number of hydrogen-bond acceptors (Lipinski definition) is 4. The Bertz CT molecular complexity index is 848. The number of carbonyl (C=O) groups excluding carboxylic acids is 1. The third-order valence-electron chi connectivity index (χ3n) is 3.82. The second kappa shape index (κ2) is 6.24. The van der Waals surface area contributed by atoms with Crippen molar-refractivity contribution in [2.75, 3.05) is 5.32 Å². The van der Waals surface area contributed by atoms with E-state index in [4.69, 9.17) is 4.52 Å². The molecule has 3 aromatic rings. The maximum absolute atomic E-state index is 12.6. The summed E-state index contributed by atoms with van der Waals surface area (Å²) in [5, 5.41) is 6.85. The molecule has 1 amide bonds. The predicted molar refractivity (Wildman–Crippen MR) is 88.6 cm³/mol. The van der Waals surface area contributed by atoms with E-state index >= 15 is 0 Å². The van der Waals surface area contributed by atoms with Crippen LogP contribution in [0.25, 0.3) is 11.0 Å². The Morgan fingerprint density at radius 1 is 1.30 bits per heavy atom. The van der Waals surface area contributed by atoms with E-state index in [-0.39, 0.29) is 5.91 Å². The molecule has 0 saturated heterocycles. The summed E-state index contributed by atoms with van der Waals surface area (Å²) in [6, 6.07) is 7.87. The molecule has 0 aliphatic carbocycles. The SMILES string of the molecule is CCCn1c(NC(=O)c2c(CC)noc2C)nc2ccccc21. The molecule has 0 bridgehead atoms. The average Bonchev–Trinajstić information content (AvgIpc) is 3.09. The van der Waals surface area contributed by atoms with E-state index in [2.05, 4.69) is 22.4 Å². The summed E-state index contributed by atoms with van der Waals surface area (Å²) in [5.74, 6) is 0.853. The molecule has 1 N–H and O–H groups in total. The zero-order valence-electron chi connectivity index (χ0n) is 13.6. The largest absolute Gasteiger partial charge is 0.361 e. The van der Waals surface area contributed by atoms with Crippen molar-refractivity contribution in [2.45, 2.75) is 40.2 Å². The summed E-state index contributed by atoms with van der Waals surface area (Å²) < 4.78 is 7.17. The van der Waals surface area contributed by atoms with Gasteiger partial charge in [-0.3, -0.25) is 10.1 Å². The van der Waals surface area contributed by atoms with Crippen molar-refractivity contribution in [3.63, 3.8) is 0 Å². The van der Waals surface area contributed by atoms with Gasteiger partial charge in [0.2, 0.25) is 5.95 Å². The number of imidazole rings is 1. The fourth-order valence-corrected chi connectivity index (χ4v) is 2.74. The van der Waals surface area contributed by atoms with Gasteiger partial charge in [-0.05, 0) is 31.9 Å². The van der Waals surface area contributed by atoms with Crippen LogP contribution in [0.2, 0.25) is 0 Å².